The van der Waals surface area contributed by atoms with Crippen LogP contribution >= 0.6 is 24.0 Å². The molecule has 0 radical (unpaired) electrons. The van der Waals surface area contributed by atoms with E-state index in [9.17, 15) is 4.79 Å². The van der Waals surface area contributed by atoms with Gasteiger partial charge in [-0.1, -0.05) is 6.92 Å². The van der Waals surface area contributed by atoms with E-state index in [4.69, 9.17) is 0 Å². The van der Waals surface area contributed by atoms with Crippen molar-refractivity contribution < 1.29 is 4.79 Å². The number of hydrogen-bond donors (Lipinski definition) is 2. The van der Waals surface area contributed by atoms with E-state index in [-0.39, 0.29) is 29.9 Å². The Kier molecular flexibility index (Phi) is 11.5. The summed E-state index contributed by atoms with van der Waals surface area (Å²) in [6.07, 6.45) is 2.78. The van der Waals surface area contributed by atoms with E-state index in [2.05, 4.69) is 37.2 Å². The van der Waals surface area contributed by atoms with Gasteiger partial charge in [0.1, 0.15) is 0 Å². The Balaban J connectivity index is 0.00000338. The van der Waals surface area contributed by atoms with Crippen LogP contribution in [-0.2, 0) is 4.79 Å². The summed E-state index contributed by atoms with van der Waals surface area (Å²) in [7, 11) is 3.57. The molecule has 0 aromatic carbocycles. The molecule has 26 heavy (non-hydrogen) atoms. The third kappa shape index (κ3) is 7.56. The Morgan fingerprint density at radius 3 is 2.23 bits per heavy atom. The highest BCUT2D eigenvalue weighted by Crippen LogP contribution is 2.20. The van der Waals surface area contributed by atoms with Gasteiger partial charge in [-0.05, 0) is 25.3 Å². The van der Waals surface area contributed by atoms with Gasteiger partial charge in [-0.3, -0.25) is 14.7 Å². The zero-order chi connectivity index (χ0) is 18.1. The second-order valence-electron chi connectivity index (χ2n) is 7.06. The molecule has 7 nitrogen and oxygen atoms in total. The third-order valence-corrected chi connectivity index (χ3v) is 5.50. The minimum absolute atomic E-state index is 0. The van der Waals surface area contributed by atoms with Crippen molar-refractivity contribution in [3.8, 4) is 0 Å². The van der Waals surface area contributed by atoms with E-state index < -0.39 is 0 Å². The zero-order valence-corrected chi connectivity index (χ0v) is 19.0. The zero-order valence-electron chi connectivity index (χ0n) is 16.7. The fourth-order valence-corrected chi connectivity index (χ4v) is 3.70. The fraction of sp³-hybridized carbons (Fsp3) is 0.889. The van der Waals surface area contributed by atoms with Crippen LogP contribution in [0, 0.1) is 5.92 Å². The molecular formula is C18H37IN6O. The van der Waals surface area contributed by atoms with Gasteiger partial charge in [0.25, 0.3) is 0 Å². The van der Waals surface area contributed by atoms with Crippen LogP contribution < -0.4 is 10.6 Å². The molecule has 0 aliphatic carbocycles. The maximum atomic E-state index is 11.5. The second kappa shape index (κ2) is 12.7. The van der Waals surface area contributed by atoms with Gasteiger partial charge in [-0.25, -0.2) is 0 Å². The molecule has 2 aliphatic heterocycles. The lowest BCUT2D eigenvalue weighted by atomic mass is 9.93. The van der Waals surface area contributed by atoms with Crippen molar-refractivity contribution in [2.45, 2.75) is 26.2 Å². The van der Waals surface area contributed by atoms with Crippen molar-refractivity contribution in [1.29, 1.82) is 0 Å². The number of amides is 1. The smallest absolute Gasteiger partial charge is 0.220 e. The van der Waals surface area contributed by atoms with Crippen LogP contribution in [0.4, 0.5) is 0 Å². The van der Waals surface area contributed by atoms with Gasteiger partial charge in [-0.15, -0.1) is 24.0 Å². The first kappa shape index (κ1) is 23.4. The Morgan fingerprint density at radius 2 is 1.69 bits per heavy atom. The molecule has 0 saturated carbocycles. The molecule has 2 N–H and O–H groups in total. The SMILES string of the molecule is CCN1CCN(CCNC(=NC)N2CCC(CC(=O)NC)CC2)CC1.I. The molecule has 2 aliphatic rings. The highest BCUT2D eigenvalue weighted by molar-refractivity contribution is 14.0. The lowest BCUT2D eigenvalue weighted by molar-refractivity contribution is -0.121. The van der Waals surface area contributed by atoms with E-state index in [1.54, 1.807) is 7.05 Å². The maximum absolute atomic E-state index is 11.5. The number of rotatable bonds is 6. The molecule has 0 spiro atoms. The second-order valence-corrected chi connectivity index (χ2v) is 7.06. The number of likely N-dealkylation sites (tertiary alicyclic amines) is 1. The number of piperidine rings is 1. The number of hydrogen-bond acceptors (Lipinski definition) is 4. The minimum Gasteiger partial charge on any atom is -0.359 e. The standard InChI is InChI=1S/C18H36N6O.HI/c1-4-22-11-13-23(14-12-22)10-7-21-18(20-3)24-8-5-16(6-9-24)15-17(25)19-2;/h16H,4-15H2,1-3H3,(H,19,25)(H,20,21);1H. The van der Waals surface area contributed by atoms with Crippen LogP contribution in [0.5, 0.6) is 0 Å². The van der Waals surface area contributed by atoms with E-state index in [1.807, 2.05) is 7.05 Å². The van der Waals surface area contributed by atoms with Gasteiger partial charge in [-0.2, -0.15) is 0 Å². The average Bonchev–Trinajstić information content (AvgIpc) is 2.66. The Morgan fingerprint density at radius 1 is 1.08 bits per heavy atom. The van der Waals surface area contributed by atoms with Crippen molar-refractivity contribution in [1.82, 2.24) is 25.3 Å². The topological polar surface area (TPSA) is 63.2 Å². The summed E-state index contributed by atoms with van der Waals surface area (Å²) in [6.45, 7) is 12.1. The summed E-state index contributed by atoms with van der Waals surface area (Å²) < 4.78 is 0. The summed E-state index contributed by atoms with van der Waals surface area (Å²) in [4.78, 5) is 23.3. The number of guanidine groups is 1. The average molecular weight is 480 g/mol. The lowest BCUT2D eigenvalue weighted by Gasteiger charge is -2.36. The van der Waals surface area contributed by atoms with E-state index in [0.717, 1.165) is 51.5 Å². The Bertz CT molecular complexity index is 431. The monoisotopic (exact) mass is 480 g/mol. The molecule has 8 heteroatoms. The van der Waals surface area contributed by atoms with Crippen LogP contribution in [0.3, 0.4) is 0 Å². The summed E-state index contributed by atoms with van der Waals surface area (Å²) in [5.41, 5.74) is 0. The molecule has 0 bridgehead atoms. The maximum Gasteiger partial charge on any atom is 0.220 e. The van der Waals surface area contributed by atoms with Gasteiger partial charge >= 0.3 is 0 Å². The molecule has 1 amide bonds. The number of piperazine rings is 1. The fourth-order valence-electron chi connectivity index (χ4n) is 3.70. The van der Waals surface area contributed by atoms with Crippen molar-refractivity contribution in [3.63, 3.8) is 0 Å². The summed E-state index contributed by atoms with van der Waals surface area (Å²) in [5, 5.41) is 6.25. The first-order valence-electron chi connectivity index (χ1n) is 9.77. The number of nitrogens with zero attached hydrogens (tertiary/aromatic N) is 4. The van der Waals surface area contributed by atoms with Crippen LogP contribution in [0.1, 0.15) is 26.2 Å². The Hall–Kier alpha value is -0.610. The van der Waals surface area contributed by atoms with Gasteiger partial charge in [0, 0.05) is 72.9 Å². The van der Waals surface area contributed by atoms with Gasteiger partial charge < -0.3 is 20.4 Å². The number of nitrogens with one attached hydrogen (secondary N) is 2. The molecular weight excluding hydrogens is 443 g/mol. The van der Waals surface area contributed by atoms with Crippen LogP contribution in [0.15, 0.2) is 4.99 Å². The van der Waals surface area contributed by atoms with Crippen molar-refractivity contribution in [2.75, 3.05) is 73.0 Å². The first-order valence-corrected chi connectivity index (χ1v) is 9.77. The van der Waals surface area contributed by atoms with Crippen molar-refractivity contribution >= 4 is 35.8 Å². The first-order chi connectivity index (χ1) is 12.2. The minimum atomic E-state index is 0. The molecule has 0 atom stereocenters. The van der Waals surface area contributed by atoms with Crippen LogP contribution in [0.25, 0.3) is 0 Å². The van der Waals surface area contributed by atoms with Gasteiger partial charge in [0.05, 0.1) is 0 Å². The number of aliphatic imine (C=N–C) groups is 1. The molecule has 2 rings (SSSR count). The van der Waals surface area contributed by atoms with Gasteiger partial charge in [0.15, 0.2) is 5.96 Å². The highest BCUT2D eigenvalue weighted by Gasteiger charge is 2.23. The number of likely N-dealkylation sites (N-methyl/N-ethyl adjacent to an activating group) is 1. The molecule has 0 unspecified atom stereocenters. The highest BCUT2D eigenvalue weighted by atomic mass is 127. The summed E-state index contributed by atoms with van der Waals surface area (Å²) in [5.74, 6) is 1.67. The number of carbonyl (C=O) groups excluding carboxylic acids is 1. The summed E-state index contributed by atoms with van der Waals surface area (Å²) in [6, 6.07) is 0. The van der Waals surface area contributed by atoms with Crippen molar-refractivity contribution in [3.05, 3.63) is 0 Å². The van der Waals surface area contributed by atoms with Crippen LogP contribution in [-0.4, -0.2) is 99.6 Å². The molecule has 0 aromatic heterocycles. The van der Waals surface area contributed by atoms with E-state index in [0.29, 0.717) is 12.3 Å². The number of halogens is 1. The van der Waals surface area contributed by atoms with E-state index >= 15 is 0 Å². The normalized spacial score (nSPS) is 20.6. The lowest BCUT2D eigenvalue weighted by Crippen LogP contribution is -2.50. The molecule has 152 valence electrons. The molecule has 0 aromatic rings. The van der Waals surface area contributed by atoms with Gasteiger partial charge in [0.2, 0.25) is 5.91 Å². The third-order valence-electron chi connectivity index (χ3n) is 5.50. The van der Waals surface area contributed by atoms with E-state index in [1.165, 1.54) is 26.2 Å². The van der Waals surface area contributed by atoms with Crippen molar-refractivity contribution in [2.24, 2.45) is 10.9 Å². The quantitative estimate of drug-likeness (QED) is 0.333. The predicted octanol–water partition coefficient (Wildman–Crippen LogP) is 0.665. The van der Waals surface area contributed by atoms with Crippen LogP contribution in [0.2, 0.25) is 0 Å². The summed E-state index contributed by atoms with van der Waals surface area (Å²) >= 11 is 0. The molecule has 2 saturated heterocycles. The largest absolute Gasteiger partial charge is 0.359 e. The number of carbonyl (C=O) groups is 1. The predicted molar refractivity (Wildman–Crippen MR) is 118 cm³/mol. The molecule has 2 fully saturated rings. The Labute approximate surface area is 176 Å². The molecule has 2 heterocycles.